The smallest absolute Gasteiger partial charge is 0.181 e. The number of hydrogen-bond acceptors (Lipinski definition) is 9. The number of rotatable bonds is 6. The van der Waals surface area contributed by atoms with Crippen LogP contribution in [0.3, 0.4) is 0 Å². The topological polar surface area (TPSA) is 121 Å². The molecule has 4 atom stereocenters. The second-order valence-electron chi connectivity index (χ2n) is 10.1. The number of ketones is 2. The van der Waals surface area contributed by atoms with Crippen LogP contribution in [0, 0.1) is 0 Å². The van der Waals surface area contributed by atoms with Crippen molar-refractivity contribution in [3.05, 3.63) is 101 Å². The summed E-state index contributed by atoms with van der Waals surface area (Å²) in [6.07, 6.45) is -2.02. The van der Waals surface area contributed by atoms with Gasteiger partial charge in [0.1, 0.15) is 45.8 Å². The predicted molar refractivity (Wildman–Crippen MR) is 152 cm³/mol. The van der Waals surface area contributed by atoms with E-state index in [0.29, 0.717) is 39.7 Å². The fraction of sp³-hybridized carbons (Fsp3) is 0.212. The molecular formula is C33H28O9. The van der Waals surface area contributed by atoms with Crippen LogP contribution >= 0.6 is 0 Å². The van der Waals surface area contributed by atoms with Crippen molar-refractivity contribution in [1.82, 2.24) is 0 Å². The fourth-order valence-electron chi connectivity index (χ4n) is 5.70. The minimum absolute atomic E-state index is 0.00433. The molecule has 2 N–H and O–H groups in total. The van der Waals surface area contributed by atoms with Crippen LogP contribution in [-0.2, 0) is 0 Å². The van der Waals surface area contributed by atoms with Gasteiger partial charge in [-0.3, -0.25) is 9.59 Å². The molecule has 0 spiro atoms. The minimum atomic E-state index is -1.03. The molecule has 0 radical (unpaired) electrons. The number of ether oxygens (including phenoxy) is 5. The highest BCUT2D eigenvalue weighted by Gasteiger charge is 2.51. The second-order valence-corrected chi connectivity index (χ2v) is 10.1. The van der Waals surface area contributed by atoms with E-state index in [1.54, 1.807) is 61.7 Å². The molecule has 0 aliphatic carbocycles. The number of Topliss-reactive ketones (excluding diaryl/α,β-unsaturated/α-hetero) is 2. The summed E-state index contributed by atoms with van der Waals surface area (Å²) in [5, 5.41) is 20.8. The molecule has 0 amide bonds. The summed E-state index contributed by atoms with van der Waals surface area (Å²) in [5.74, 6) is -0.950. The minimum Gasteiger partial charge on any atom is -0.508 e. The number of benzene rings is 4. The van der Waals surface area contributed by atoms with Gasteiger partial charge < -0.3 is 33.9 Å². The molecule has 0 saturated heterocycles. The summed E-state index contributed by atoms with van der Waals surface area (Å²) in [6.45, 7) is 0. The maximum absolute atomic E-state index is 14.2. The maximum atomic E-state index is 14.2. The molecule has 9 nitrogen and oxygen atoms in total. The Balaban J connectivity index is 1.55. The highest BCUT2D eigenvalue weighted by Crippen LogP contribution is 2.48. The number of carbonyl (C=O) groups is 2. The van der Waals surface area contributed by atoms with Crippen LogP contribution in [0.5, 0.6) is 40.2 Å². The third kappa shape index (κ3) is 4.52. The van der Waals surface area contributed by atoms with Gasteiger partial charge in [-0.05, 0) is 47.5 Å². The second kappa shape index (κ2) is 10.7. The van der Waals surface area contributed by atoms with E-state index in [0.717, 1.165) is 0 Å². The molecule has 0 unspecified atom stereocenters. The SMILES string of the molecule is COc1ccc([C@H]2C(=O)c3ccc(OC)cc3O[C@@H]2[C@@H]2Oc3cc(OC)cc(O)c3C(=O)[C@H]2c2ccc(O)cc2)cc1. The number of aromatic hydroxyl groups is 2. The number of methoxy groups -OCH3 is 3. The zero-order valence-electron chi connectivity index (χ0n) is 23.1. The number of hydrogen-bond donors (Lipinski definition) is 2. The molecular weight excluding hydrogens is 540 g/mol. The number of fused-ring (bicyclic) bond motifs is 2. The maximum Gasteiger partial charge on any atom is 0.181 e. The Morgan fingerprint density at radius 1 is 0.595 bits per heavy atom. The van der Waals surface area contributed by atoms with Gasteiger partial charge in [0.2, 0.25) is 0 Å². The molecule has 4 aromatic rings. The van der Waals surface area contributed by atoms with E-state index in [1.165, 1.54) is 38.5 Å². The molecule has 2 heterocycles. The van der Waals surface area contributed by atoms with Crippen LogP contribution in [0.1, 0.15) is 43.7 Å². The van der Waals surface area contributed by atoms with Crippen molar-refractivity contribution in [3.63, 3.8) is 0 Å². The molecule has 2 aliphatic rings. The van der Waals surface area contributed by atoms with Crippen LogP contribution in [0.2, 0.25) is 0 Å². The quantitative estimate of drug-likeness (QED) is 0.320. The van der Waals surface area contributed by atoms with Crippen molar-refractivity contribution in [2.45, 2.75) is 24.0 Å². The largest absolute Gasteiger partial charge is 0.508 e. The first-order chi connectivity index (χ1) is 20.3. The van der Waals surface area contributed by atoms with Gasteiger partial charge in [0.25, 0.3) is 0 Å². The predicted octanol–water partition coefficient (Wildman–Crippen LogP) is 5.28. The summed E-state index contributed by atoms with van der Waals surface area (Å²) in [6, 6.07) is 21.1. The van der Waals surface area contributed by atoms with E-state index in [-0.39, 0.29) is 28.6 Å². The van der Waals surface area contributed by atoms with Gasteiger partial charge >= 0.3 is 0 Å². The Hall–Kier alpha value is -5.18. The van der Waals surface area contributed by atoms with E-state index in [4.69, 9.17) is 23.7 Å². The van der Waals surface area contributed by atoms with Crippen LogP contribution in [0.25, 0.3) is 0 Å². The Morgan fingerprint density at radius 3 is 1.74 bits per heavy atom. The van der Waals surface area contributed by atoms with Gasteiger partial charge in [-0.2, -0.15) is 0 Å². The van der Waals surface area contributed by atoms with Gasteiger partial charge in [0, 0.05) is 18.2 Å². The molecule has 0 saturated carbocycles. The van der Waals surface area contributed by atoms with E-state index in [1.807, 2.05) is 0 Å². The average molecular weight is 569 g/mol. The van der Waals surface area contributed by atoms with E-state index in [2.05, 4.69) is 0 Å². The fourth-order valence-corrected chi connectivity index (χ4v) is 5.70. The first-order valence-corrected chi connectivity index (χ1v) is 13.3. The number of carbonyl (C=O) groups excluding carboxylic acids is 2. The van der Waals surface area contributed by atoms with Crippen LogP contribution in [0.15, 0.2) is 78.9 Å². The third-order valence-corrected chi connectivity index (χ3v) is 7.79. The monoisotopic (exact) mass is 568 g/mol. The Morgan fingerprint density at radius 2 is 1.12 bits per heavy atom. The molecule has 214 valence electrons. The zero-order valence-corrected chi connectivity index (χ0v) is 23.1. The van der Waals surface area contributed by atoms with Crippen molar-refractivity contribution in [3.8, 4) is 40.2 Å². The summed E-state index contributed by atoms with van der Waals surface area (Å²) in [5.41, 5.74) is 1.53. The van der Waals surface area contributed by atoms with Gasteiger partial charge in [-0.15, -0.1) is 0 Å². The highest BCUT2D eigenvalue weighted by atomic mass is 16.5. The summed E-state index contributed by atoms with van der Waals surface area (Å²) in [7, 11) is 4.52. The van der Waals surface area contributed by atoms with Crippen LogP contribution in [-0.4, -0.2) is 55.3 Å². The van der Waals surface area contributed by atoms with Crippen molar-refractivity contribution in [1.29, 1.82) is 0 Å². The van der Waals surface area contributed by atoms with E-state index in [9.17, 15) is 19.8 Å². The van der Waals surface area contributed by atoms with Gasteiger partial charge in [0.15, 0.2) is 23.8 Å². The third-order valence-electron chi connectivity index (χ3n) is 7.79. The highest BCUT2D eigenvalue weighted by molar-refractivity contribution is 6.08. The zero-order chi connectivity index (χ0) is 29.5. The molecule has 4 aromatic carbocycles. The lowest BCUT2D eigenvalue weighted by Gasteiger charge is -2.42. The standard InChI is InChI=1S/C33H28O9/c1-38-20-10-6-18(7-11-20)27-30(36)23-13-12-21(39-2)15-25(23)41-32(27)33-28(17-4-8-19(34)9-5-17)31(37)29-24(35)14-22(40-3)16-26(29)42-33/h4-16,27-28,32-35H,1-3H3/t27-,28+,32-,33+/m0/s1. The Bertz CT molecular complexity index is 1660. The molecule has 42 heavy (non-hydrogen) atoms. The van der Waals surface area contributed by atoms with Crippen molar-refractivity contribution >= 4 is 11.6 Å². The molecule has 9 heteroatoms. The van der Waals surface area contributed by atoms with E-state index >= 15 is 0 Å². The molecule has 6 rings (SSSR count). The molecule has 0 bridgehead atoms. The normalized spacial score (nSPS) is 20.9. The number of phenols is 2. The van der Waals surface area contributed by atoms with Crippen molar-refractivity contribution in [2.75, 3.05) is 21.3 Å². The molecule has 0 fully saturated rings. The summed E-state index contributed by atoms with van der Waals surface area (Å²) in [4.78, 5) is 28.4. The summed E-state index contributed by atoms with van der Waals surface area (Å²) < 4.78 is 29.1. The van der Waals surface area contributed by atoms with Crippen LogP contribution in [0.4, 0.5) is 0 Å². The van der Waals surface area contributed by atoms with Crippen molar-refractivity contribution < 1.29 is 43.5 Å². The lowest BCUT2D eigenvalue weighted by Crippen LogP contribution is -2.52. The average Bonchev–Trinajstić information content (AvgIpc) is 3.01. The molecule has 2 aliphatic heterocycles. The Labute approximate surface area is 241 Å². The Kier molecular flexibility index (Phi) is 6.86. The molecule has 0 aromatic heterocycles. The number of phenolic OH excluding ortho intramolecular Hbond substituents is 2. The summed E-state index contributed by atoms with van der Waals surface area (Å²) >= 11 is 0. The van der Waals surface area contributed by atoms with Gasteiger partial charge in [0.05, 0.1) is 38.7 Å². The van der Waals surface area contributed by atoms with Crippen molar-refractivity contribution in [2.24, 2.45) is 0 Å². The van der Waals surface area contributed by atoms with Gasteiger partial charge in [-0.25, -0.2) is 0 Å². The van der Waals surface area contributed by atoms with E-state index < -0.39 is 29.8 Å². The first-order valence-electron chi connectivity index (χ1n) is 13.3. The van der Waals surface area contributed by atoms with Crippen LogP contribution < -0.4 is 23.7 Å². The van der Waals surface area contributed by atoms with Gasteiger partial charge in [-0.1, -0.05) is 24.3 Å². The first kappa shape index (κ1) is 27.0. The lowest BCUT2D eigenvalue weighted by molar-refractivity contribution is 0.00755. The lowest BCUT2D eigenvalue weighted by atomic mass is 9.74.